The Bertz CT molecular complexity index is 1030. The van der Waals surface area contributed by atoms with Gasteiger partial charge in [-0.25, -0.2) is 13.1 Å². The van der Waals surface area contributed by atoms with Crippen molar-refractivity contribution in [3.8, 4) is 5.75 Å². The second-order valence-electron chi connectivity index (χ2n) is 5.87. The molecule has 0 fully saturated rings. The minimum Gasteiger partial charge on any atom is -0.495 e. The van der Waals surface area contributed by atoms with Gasteiger partial charge in [0.1, 0.15) is 5.75 Å². The fourth-order valence-electron chi connectivity index (χ4n) is 2.62. The average Bonchev–Trinajstić information content (AvgIpc) is 3.09. The molecule has 1 heterocycles. The SMILES string of the molecule is COc1ccc(S(=O)(=O)NCc2cccn2Cc2ccc(Cl)cc2)cc1Cl. The Morgan fingerprint density at radius 3 is 2.48 bits per heavy atom. The number of nitrogens with one attached hydrogen (secondary N) is 1. The summed E-state index contributed by atoms with van der Waals surface area (Å²) in [4.78, 5) is 0.0871. The van der Waals surface area contributed by atoms with Crippen LogP contribution in [0.15, 0.2) is 65.7 Å². The van der Waals surface area contributed by atoms with Crippen molar-refractivity contribution in [1.29, 1.82) is 0 Å². The summed E-state index contributed by atoms with van der Waals surface area (Å²) in [5.41, 5.74) is 1.91. The van der Waals surface area contributed by atoms with E-state index < -0.39 is 10.0 Å². The lowest BCUT2D eigenvalue weighted by molar-refractivity contribution is 0.414. The second-order valence-corrected chi connectivity index (χ2v) is 8.49. The topological polar surface area (TPSA) is 60.3 Å². The molecule has 2 aromatic carbocycles. The highest BCUT2D eigenvalue weighted by Gasteiger charge is 2.16. The molecule has 0 aliphatic carbocycles. The summed E-state index contributed by atoms with van der Waals surface area (Å²) in [6, 6.07) is 15.6. The van der Waals surface area contributed by atoms with Crippen molar-refractivity contribution in [3.05, 3.63) is 82.1 Å². The highest BCUT2D eigenvalue weighted by Crippen LogP contribution is 2.27. The van der Waals surface area contributed by atoms with E-state index in [1.165, 1.54) is 25.3 Å². The van der Waals surface area contributed by atoms with Gasteiger partial charge in [-0.05, 0) is 48.0 Å². The minimum absolute atomic E-state index is 0.0871. The summed E-state index contributed by atoms with van der Waals surface area (Å²) in [5, 5.41) is 0.920. The molecule has 0 saturated heterocycles. The van der Waals surface area contributed by atoms with Crippen LogP contribution in [-0.4, -0.2) is 20.1 Å². The summed E-state index contributed by atoms with van der Waals surface area (Å²) in [6.07, 6.45) is 1.91. The van der Waals surface area contributed by atoms with Crippen LogP contribution in [0.1, 0.15) is 11.3 Å². The molecule has 1 N–H and O–H groups in total. The highest BCUT2D eigenvalue weighted by molar-refractivity contribution is 7.89. The Morgan fingerprint density at radius 2 is 1.81 bits per heavy atom. The van der Waals surface area contributed by atoms with Gasteiger partial charge >= 0.3 is 0 Å². The van der Waals surface area contributed by atoms with E-state index in [0.29, 0.717) is 17.3 Å². The number of hydrogen-bond acceptors (Lipinski definition) is 3. The molecule has 0 unspecified atom stereocenters. The summed E-state index contributed by atoms with van der Waals surface area (Å²) >= 11 is 11.9. The lowest BCUT2D eigenvalue weighted by Crippen LogP contribution is -2.24. The van der Waals surface area contributed by atoms with Crippen LogP contribution in [0.5, 0.6) is 5.75 Å². The first-order valence-electron chi connectivity index (χ1n) is 8.11. The van der Waals surface area contributed by atoms with Crippen LogP contribution in [0.4, 0.5) is 0 Å². The smallest absolute Gasteiger partial charge is 0.240 e. The summed E-state index contributed by atoms with van der Waals surface area (Å²) in [7, 11) is -2.23. The van der Waals surface area contributed by atoms with E-state index in [-0.39, 0.29) is 16.5 Å². The summed E-state index contributed by atoms with van der Waals surface area (Å²) in [6.45, 7) is 0.780. The molecule has 0 spiro atoms. The Kier molecular flexibility index (Phi) is 6.11. The van der Waals surface area contributed by atoms with Crippen LogP contribution in [0.3, 0.4) is 0 Å². The fourth-order valence-corrected chi connectivity index (χ4v) is 4.09. The van der Waals surface area contributed by atoms with Gasteiger partial charge in [-0.1, -0.05) is 35.3 Å². The normalized spacial score (nSPS) is 11.5. The Labute approximate surface area is 168 Å². The van der Waals surface area contributed by atoms with Crippen LogP contribution in [0.25, 0.3) is 0 Å². The van der Waals surface area contributed by atoms with E-state index in [1.807, 2.05) is 47.2 Å². The van der Waals surface area contributed by atoms with Crippen LogP contribution in [-0.2, 0) is 23.1 Å². The van der Waals surface area contributed by atoms with E-state index >= 15 is 0 Å². The maximum absolute atomic E-state index is 12.6. The first-order chi connectivity index (χ1) is 12.9. The zero-order valence-electron chi connectivity index (χ0n) is 14.5. The van der Waals surface area contributed by atoms with Gasteiger partial charge in [-0.2, -0.15) is 0 Å². The molecule has 0 bridgehead atoms. The third-order valence-corrected chi connectivity index (χ3v) is 6.01. The van der Waals surface area contributed by atoms with E-state index in [4.69, 9.17) is 27.9 Å². The molecule has 3 rings (SSSR count). The number of nitrogens with zero attached hydrogens (tertiary/aromatic N) is 1. The largest absolute Gasteiger partial charge is 0.495 e. The molecule has 3 aromatic rings. The number of benzene rings is 2. The zero-order chi connectivity index (χ0) is 19.4. The van der Waals surface area contributed by atoms with Crippen molar-refractivity contribution in [3.63, 3.8) is 0 Å². The van der Waals surface area contributed by atoms with Crippen molar-refractivity contribution >= 4 is 33.2 Å². The van der Waals surface area contributed by atoms with Crippen LogP contribution in [0, 0.1) is 0 Å². The van der Waals surface area contributed by atoms with Gasteiger partial charge in [0, 0.05) is 23.5 Å². The molecule has 142 valence electrons. The standard InChI is InChI=1S/C19H18Cl2N2O3S/c1-26-19-9-8-17(11-18(19)21)27(24,25)22-12-16-3-2-10-23(16)13-14-4-6-15(20)7-5-14/h2-11,22H,12-13H2,1H3. The van der Waals surface area contributed by atoms with Crippen molar-refractivity contribution < 1.29 is 13.2 Å². The van der Waals surface area contributed by atoms with Gasteiger partial charge < -0.3 is 9.30 Å². The van der Waals surface area contributed by atoms with E-state index in [2.05, 4.69) is 4.72 Å². The lowest BCUT2D eigenvalue weighted by Gasteiger charge is -2.12. The second kappa shape index (κ2) is 8.35. The quantitative estimate of drug-likeness (QED) is 0.613. The molecule has 5 nitrogen and oxygen atoms in total. The van der Waals surface area contributed by atoms with E-state index in [9.17, 15) is 8.42 Å². The van der Waals surface area contributed by atoms with E-state index in [0.717, 1.165) is 11.3 Å². The maximum Gasteiger partial charge on any atom is 0.240 e. The molecule has 0 atom stereocenters. The van der Waals surface area contributed by atoms with Gasteiger partial charge in [-0.3, -0.25) is 0 Å². The Balaban J connectivity index is 1.72. The number of sulfonamides is 1. The molecule has 0 aliphatic heterocycles. The van der Waals surface area contributed by atoms with Crippen molar-refractivity contribution in [2.24, 2.45) is 0 Å². The number of halogens is 2. The molecule has 0 saturated carbocycles. The summed E-state index contributed by atoms with van der Waals surface area (Å²) in [5.74, 6) is 0.424. The predicted molar refractivity (Wildman–Crippen MR) is 107 cm³/mol. The predicted octanol–water partition coefficient (Wildman–Crippen LogP) is 4.33. The van der Waals surface area contributed by atoms with Gasteiger partial charge in [0.15, 0.2) is 0 Å². The first kappa shape index (κ1) is 19.8. The molecule has 1 aromatic heterocycles. The first-order valence-corrected chi connectivity index (χ1v) is 10.3. The fraction of sp³-hybridized carbons (Fsp3) is 0.158. The molecule has 27 heavy (non-hydrogen) atoms. The molecule has 0 radical (unpaired) electrons. The third-order valence-electron chi connectivity index (χ3n) is 4.07. The summed E-state index contributed by atoms with van der Waals surface area (Å²) < 4.78 is 34.7. The maximum atomic E-state index is 12.6. The van der Waals surface area contributed by atoms with Gasteiger partial charge in [0.2, 0.25) is 10.0 Å². The number of aromatic nitrogens is 1. The number of ether oxygens (including phenoxy) is 1. The van der Waals surface area contributed by atoms with Crippen LogP contribution in [0.2, 0.25) is 10.0 Å². The van der Waals surface area contributed by atoms with Gasteiger partial charge in [0.25, 0.3) is 0 Å². The van der Waals surface area contributed by atoms with Crippen molar-refractivity contribution in [1.82, 2.24) is 9.29 Å². The van der Waals surface area contributed by atoms with Crippen LogP contribution >= 0.6 is 23.2 Å². The third kappa shape index (κ3) is 4.84. The van der Waals surface area contributed by atoms with Gasteiger partial charge in [-0.15, -0.1) is 0 Å². The highest BCUT2D eigenvalue weighted by atomic mass is 35.5. The molecular formula is C19H18Cl2N2O3S. The lowest BCUT2D eigenvalue weighted by atomic mass is 10.2. The Morgan fingerprint density at radius 1 is 1.07 bits per heavy atom. The number of rotatable bonds is 7. The molecule has 0 aliphatic rings. The molecular weight excluding hydrogens is 407 g/mol. The minimum atomic E-state index is -3.70. The van der Waals surface area contributed by atoms with Crippen LogP contribution < -0.4 is 9.46 Å². The van der Waals surface area contributed by atoms with Crippen molar-refractivity contribution in [2.45, 2.75) is 18.0 Å². The Hall–Kier alpha value is -1.99. The monoisotopic (exact) mass is 424 g/mol. The van der Waals surface area contributed by atoms with Crippen molar-refractivity contribution in [2.75, 3.05) is 7.11 Å². The number of hydrogen-bond donors (Lipinski definition) is 1. The zero-order valence-corrected chi connectivity index (χ0v) is 16.9. The molecule has 0 amide bonds. The molecule has 8 heteroatoms. The number of methoxy groups -OCH3 is 1. The average molecular weight is 425 g/mol. The van der Waals surface area contributed by atoms with E-state index in [1.54, 1.807) is 0 Å². The van der Waals surface area contributed by atoms with Gasteiger partial charge in [0.05, 0.1) is 23.6 Å².